The van der Waals surface area contributed by atoms with Crippen molar-refractivity contribution in [3.63, 3.8) is 0 Å². The van der Waals surface area contributed by atoms with Crippen molar-refractivity contribution in [3.8, 4) is 5.75 Å². The van der Waals surface area contributed by atoms with E-state index in [9.17, 15) is 4.79 Å². The Morgan fingerprint density at radius 3 is 2.74 bits per heavy atom. The van der Waals surface area contributed by atoms with E-state index in [-0.39, 0.29) is 5.91 Å². The molecule has 4 nitrogen and oxygen atoms in total. The van der Waals surface area contributed by atoms with Gasteiger partial charge in [0.1, 0.15) is 5.75 Å². The summed E-state index contributed by atoms with van der Waals surface area (Å²) in [6, 6.07) is 7.96. The Balaban J connectivity index is 2.27. The SMILES string of the molecule is CCCNC(=O)CCNCc1ccccc1OCC. The van der Waals surface area contributed by atoms with Gasteiger partial charge in [-0.15, -0.1) is 0 Å². The number of rotatable bonds is 9. The Labute approximate surface area is 115 Å². The molecule has 1 aromatic carbocycles. The van der Waals surface area contributed by atoms with Crippen LogP contribution in [0.1, 0.15) is 32.3 Å². The highest BCUT2D eigenvalue weighted by Gasteiger charge is 2.03. The molecule has 0 aliphatic rings. The first-order valence-corrected chi connectivity index (χ1v) is 6.96. The van der Waals surface area contributed by atoms with E-state index in [1.807, 2.05) is 38.1 Å². The molecular formula is C15H24N2O2. The van der Waals surface area contributed by atoms with Crippen LogP contribution in [0.4, 0.5) is 0 Å². The minimum atomic E-state index is 0.104. The van der Waals surface area contributed by atoms with E-state index in [2.05, 4.69) is 10.6 Å². The van der Waals surface area contributed by atoms with Crippen LogP contribution >= 0.6 is 0 Å². The van der Waals surface area contributed by atoms with Crippen LogP contribution in [0.2, 0.25) is 0 Å². The predicted molar refractivity (Wildman–Crippen MR) is 77.2 cm³/mol. The predicted octanol–water partition coefficient (Wildman–Crippen LogP) is 2.09. The molecule has 0 fully saturated rings. The van der Waals surface area contributed by atoms with Gasteiger partial charge in [0.05, 0.1) is 6.61 Å². The molecule has 0 atom stereocenters. The summed E-state index contributed by atoms with van der Waals surface area (Å²) in [7, 11) is 0. The highest BCUT2D eigenvalue weighted by Crippen LogP contribution is 2.17. The quantitative estimate of drug-likeness (QED) is 0.672. The Hall–Kier alpha value is -1.55. The molecule has 0 unspecified atom stereocenters. The molecule has 2 N–H and O–H groups in total. The average molecular weight is 264 g/mol. The third-order valence-corrected chi connectivity index (χ3v) is 2.69. The first kappa shape index (κ1) is 15.5. The molecule has 1 rings (SSSR count). The summed E-state index contributed by atoms with van der Waals surface area (Å²) in [6.45, 7) is 6.83. The van der Waals surface area contributed by atoms with Gasteiger partial charge in [-0.3, -0.25) is 4.79 Å². The summed E-state index contributed by atoms with van der Waals surface area (Å²) in [5.41, 5.74) is 1.12. The van der Waals surface area contributed by atoms with Crippen LogP contribution in [0.3, 0.4) is 0 Å². The third-order valence-electron chi connectivity index (χ3n) is 2.69. The second kappa shape index (κ2) is 9.39. The number of nitrogens with one attached hydrogen (secondary N) is 2. The summed E-state index contributed by atoms with van der Waals surface area (Å²) in [6.07, 6.45) is 1.48. The summed E-state index contributed by atoms with van der Waals surface area (Å²) in [4.78, 5) is 11.4. The van der Waals surface area contributed by atoms with Crippen LogP contribution in [0.15, 0.2) is 24.3 Å². The Kier molecular flexibility index (Phi) is 7.66. The first-order valence-electron chi connectivity index (χ1n) is 6.96. The van der Waals surface area contributed by atoms with E-state index in [4.69, 9.17) is 4.74 Å². The molecule has 19 heavy (non-hydrogen) atoms. The summed E-state index contributed by atoms with van der Waals surface area (Å²) < 4.78 is 5.55. The number of hydrogen-bond acceptors (Lipinski definition) is 3. The van der Waals surface area contributed by atoms with Crippen molar-refractivity contribution in [1.29, 1.82) is 0 Å². The van der Waals surface area contributed by atoms with Crippen LogP contribution in [-0.2, 0) is 11.3 Å². The summed E-state index contributed by atoms with van der Waals surface area (Å²) >= 11 is 0. The number of benzene rings is 1. The molecule has 4 heteroatoms. The largest absolute Gasteiger partial charge is 0.494 e. The van der Waals surface area contributed by atoms with E-state index < -0.39 is 0 Å². The molecule has 0 saturated heterocycles. The van der Waals surface area contributed by atoms with Gasteiger partial charge >= 0.3 is 0 Å². The lowest BCUT2D eigenvalue weighted by Gasteiger charge is -2.10. The lowest BCUT2D eigenvalue weighted by atomic mass is 10.2. The Bertz CT molecular complexity index is 380. The highest BCUT2D eigenvalue weighted by molar-refractivity contribution is 5.75. The Morgan fingerprint density at radius 1 is 1.21 bits per heavy atom. The van der Waals surface area contributed by atoms with E-state index in [0.29, 0.717) is 19.6 Å². The van der Waals surface area contributed by atoms with Crippen LogP contribution < -0.4 is 15.4 Å². The van der Waals surface area contributed by atoms with E-state index in [0.717, 1.165) is 30.8 Å². The Morgan fingerprint density at radius 2 is 2.00 bits per heavy atom. The number of carbonyl (C=O) groups is 1. The van der Waals surface area contributed by atoms with E-state index in [1.165, 1.54) is 0 Å². The van der Waals surface area contributed by atoms with E-state index >= 15 is 0 Å². The van der Waals surface area contributed by atoms with Crippen molar-refractivity contribution in [3.05, 3.63) is 29.8 Å². The van der Waals surface area contributed by atoms with Gasteiger partial charge in [0.25, 0.3) is 0 Å². The molecule has 0 bridgehead atoms. The third kappa shape index (κ3) is 6.25. The van der Waals surface area contributed by atoms with Crippen LogP contribution in [0, 0.1) is 0 Å². The smallest absolute Gasteiger partial charge is 0.221 e. The molecule has 0 aliphatic carbocycles. The van der Waals surface area contributed by atoms with Crippen molar-refractivity contribution in [2.45, 2.75) is 33.2 Å². The second-order valence-electron chi connectivity index (χ2n) is 4.32. The maximum Gasteiger partial charge on any atom is 0.221 e. The lowest BCUT2D eigenvalue weighted by molar-refractivity contribution is -0.120. The van der Waals surface area contributed by atoms with Crippen molar-refractivity contribution in [2.24, 2.45) is 0 Å². The van der Waals surface area contributed by atoms with Gasteiger partial charge in [-0.25, -0.2) is 0 Å². The number of ether oxygens (including phenoxy) is 1. The normalized spacial score (nSPS) is 10.2. The molecule has 106 valence electrons. The minimum Gasteiger partial charge on any atom is -0.494 e. The van der Waals surface area contributed by atoms with Crippen molar-refractivity contribution in [2.75, 3.05) is 19.7 Å². The fourth-order valence-electron chi connectivity index (χ4n) is 1.72. The van der Waals surface area contributed by atoms with Crippen molar-refractivity contribution >= 4 is 5.91 Å². The molecule has 1 aromatic rings. The number of para-hydroxylation sites is 1. The fourth-order valence-corrected chi connectivity index (χ4v) is 1.72. The van der Waals surface area contributed by atoms with Crippen LogP contribution in [0.5, 0.6) is 5.75 Å². The number of amides is 1. The van der Waals surface area contributed by atoms with Crippen molar-refractivity contribution < 1.29 is 9.53 Å². The molecule has 0 saturated carbocycles. The van der Waals surface area contributed by atoms with Crippen LogP contribution in [-0.4, -0.2) is 25.6 Å². The van der Waals surface area contributed by atoms with Gasteiger partial charge in [0.2, 0.25) is 5.91 Å². The van der Waals surface area contributed by atoms with Crippen molar-refractivity contribution in [1.82, 2.24) is 10.6 Å². The highest BCUT2D eigenvalue weighted by atomic mass is 16.5. The molecule has 1 amide bonds. The van der Waals surface area contributed by atoms with Gasteiger partial charge < -0.3 is 15.4 Å². The van der Waals surface area contributed by atoms with Crippen LogP contribution in [0.25, 0.3) is 0 Å². The van der Waals surface area contributed by atoms with Gasteiger partial charge in [-0.05, 0) is 19.4 Å². The molecule has 0 radical (unpaired) electrons. The van der Waals surface area contributed by atoms with Gasteiger partial charge in [-0.1, -0.05) is 25.1 Å². The molecule has 0 spiro atoms. The average Bonchev–Trinajstić information content (AvgIpc) is 2.43. The zero-order valence-electron chi connectivity index (χ0n) is 11.9. The molecule has 0 aromatic heterocycles. The molecule has 0 heterocycles. The van der Waals surface area contributed by atoms with Gasteiger partial charge in [0.15, 0.2) is 0 Å². The topological polar surface area (TPSA) is 50.4 Å². The molecular weight excluding hydrogens is 240 g/mol. The number of hydrogen-bond donors (Lipinski definition) is 2. The number of carbonyl (C=O) groups excluding carboxylic acids is 1. The second-order valence-corrected chi connectivity index (χ2v) is 4.32. The minimum absolute atomic E-state index is 0.104. The maximum atomic E-state index is 11.4. The van der Waals surface area contributed by atoms with Gasteiger partial charge in [-0.2, -0.15) is 0 Å². The van der Waals surface area contributed by atoms with E-state index in [1.54, 1.807) is 0 Å². The lowest BCUT2D eigenvalue weighted by Crippen LogP contribution is -2.28. The monoisotopic (exact) mass is 264 g/mol. The van der Waals surface area contributed by atoms with Gasteiger partial charge in [0, 0.05) is 31.6 Å². The zero-order valence-corrected chi connectivity index (χ0v) is 11.9. The summed E-state index contributed by atoms with van der Waals surface area (Å²) in [5.74, 6) is 1.01. The maximum absolute atomic E-state index is 11.4. The molecule has 0 aliphatic heterocycles. The standard InChI is InChI=1S/C15H24N2O2/c1-3-10-17-15(18)9-11-16-12-13-7-5-6-8-14(13)19-4-2/h5-8,16H,3-4,9-12H2,1-2H3,(H,17,18). The fraction of sp³-hybridized carbons (Fsp3) is 0.533. The zero-order chi connectivity index (χ0) is 13.9. The first-order chi connectivity index (χ1) is 9.27. The summed E-state index contributed by atoms with van der Waals surface area (Å²) in [5, 5.41) is 6.13.